The summed E-state index contributed by atoms with van der Waals surface area (Å²) in [7, 11) is 0. The SMILES string of the molecule is NC(CCN1C(=O)C=CC1=O)c1ccccc1. The molecule has 1 atom stereocenters. The zero-order valence-electron chi connectivity index (χ0n) is 9.37. The van der Waals surface area contributed by atoms with Crippen LogP contribution in [0.2, 0.25) is 0 Å². The van der Waals surface area contributed by atoms with Gasteiger partial charge in [-0.1, -0.05) is 30.3 Å². The minimum absolute atomic E-state index is 0.155. The molecule has 1 aliphatic heterocycles. The second-order valence-electron chi connectivity index (χ2n) is 3.97. The molecule has 0 saturated carbocycles. The van der Waals surface area contributed by atoms with Gasteiger partial charge in [0.15, 0.2) is 0 Å². The number of carbonyl (C=O) groups is 2. The lowest BCUT2D eigenvalue weighted by Gasteiger charge is -2.17. The van der Waals surface area contributed by atoms with Gasteiger partial charge in [-0.25, -0.2) is 0 Å². The van der Waals surface area contributed by atoms with Crippen molar-refractivity contribution in [1.29, 1.82) is 0 Å². The molecule has 0 fully saturated rings. The van der Waals surface area contributed by atoms with E-state index in [-0.39, 0.29) is 17.9 Å². The van der Waals surface area contributed by atoms with E-state index in [0.29, 0.717) is 13.0 Å². The molecule has 17 heavy (non-hydrogen) atoms. The third-order valence-corrected chi connectivity index (χ3v) is 2.79. The Bertz CT molecular complexity index is 436. The Kier molecular flexibility index (Phi) is 3.35. The van der Waals surface area contributed by atoms with Gasteiger partial charge in [-0.2, -0.15) is 0 Å². The molecule has 0 radical (unpaired) electrons. The largest absolute Gasteiger partial charge is 0.324 e. The van der Waals surface area contributed by atoms with E-state index >= 15 is 0 Å². The molecule has 2 rings (SSSR count). The molecule has 1 aromatic carbocycles. The summed E-state index contributed by atoms with van der Waals surface area (Å²) in [6, 6.07) is 9.49. The van der Waals surface area contributed by atoms with E-state index in [0.717, 1.165) is 5.56 Å². The highest BCUT2D eigenvalue weighted by molar-refractivity contribution is 6.12. The number of nitrogens with two attached hydrogens (primary N) is 1. The Labute approximate surface area is 99.7 Å². The second kappa shape index (κ2) is 4.93. The number of nitrogens with zero attached hydrogens (tertiary/aromatic N) is 1. The van der Waals surface area contributed by atoms with Crippen molar-refractivity contribution in [2.45, 2.75) is 12.5 Å². The summed E-state index contributed by atoms with van der Waals surface area (Å²) in [6.07, 6.45) is 3.15. The molecule has 0 bridgehead atoms. The van der Waals surface area contributed by atoms with Crippen LogP contribution in [0.3, 0.4) is 0 Å². The molecule has 0 saturated heterocycles. The van der Waals surface area contributed by atoms with Crippen LogP contribution in [0.15, 0.2) is 42.5 Å². The molecule has 88 valence electrons. The average molecular weight is 230 g/mol. The monoisotopic (exact) mass is 230 g/mol. The Morgan fingerprint density at radius 3 is 2.24 bits per heavy atom. The third-order valence-electron chi connectivity index (χ3n) is 2.79. The van der Waals surface area contributed by atoms with Gasteiger partial charge in [-0.15, -0.1) is 0 Å². The van der Waals surface area contributed by atoms with Gasteiger partial charge in [0, 0.05) is 24.7 Å². The zero-order valence-corrected chi connectivity index (χ0v) is 9.37. The smallest absolute Gasteiger partial charge is 0.253 e. The summed E-state index contributed by atoms with van der Waals surface area (Å²) in [5.41, 5.74) is 7.01. The van der Waals surface area contributed by atoms with E-state index in [1.165, 1.54) is 17.1 Å². The minimum atomic E-state index is -0.254. The zero-order chi connectivity index (χ0) is 12.3. The van der Waals surface area contributed by atoms with Gasteiger partial charge in [0.25, 0.3) is 11.8 Å². The third kappa shape index (κ3) is 2.60. The van der Waals surface area contributed by atoms with Crippen LogP contribution in [-0.4, -0.2) is 23.3 Å². The van der Waals surface area contributed by atoms with Gasteiger partial charge >= 0.3 is 0 Å². The summed E-state index contributed by atoms with van der Waals surface area (Å²) in [5, 5.41) is 0. The fourth-order valence-electron chi connectivity index (χ4n) is 1.79. The van der Waals surface area contributed by atoms with Gasteiger partial charge < -0.3 is 5.73 Å². The summed E-state index contributed by atoms with van der Waals surface area (Å²) in [5.74, 6) is -0.509. The van der Waals surface area contributed by atoms with Crippen LogP contribution >= 0.6 is 0 Å². The molecule has 0 aromatic heterocycles. The van der Waals surface area contributed by atoms with Crippen molar-refractivity contribution in [2.24, 2.45) is 5.73 Å². The van der Waals surface area contributed by atoms with E-state index < -0.39 is 0 Å². The molecule has 1 unspecified atom stereocenters. The van der Waals surface area contributed by atoms with Crippen molar-refractivity contribution >= 4 is 11.8 Å². The van der Waals surface area contributed by atoms with Gasteiger partial charge in [-0.05, 0) is 12.0 Å². The number of hydrogen-bond donors (Lipinski definition) is 1. The van der Waals surface area contributed by atoms with Crippen LogP contribution in [0.4, 0.5) is 0 Å². The van der Waals surface area contributed by atoms with Crippen molar-refractivity contribution in [1.82, 2.24) is 4.90 Å². The molecule has 4 nitrogen and oxygen atoms in total. The first kappa shape index (κ1) is 11.5. The first-order valence-electron chi connectivity index (χ1n) is 5.52. The number of amides is 2. The van der Waals surface area contributed by atoms with Crippen molar-refractivity contribution in [2.75, 3.05) is 6.54 Å². The van der Waals surface area contributed by atoms with Gasteiger partial charge in [0.05, 0.1) is 0 Å². The number of benzene rings is 1. The van der Waals surface area contributed by atoms with E-state index in [2.05, 4.69) is 0 Å². The highest BCUT2D eigenvalue weighted by atomic mass is 16.2. The topological polar surface area (TPSA) is 63.4 Å². The average Bonchev–Trinajstić information content (AvgIpc) is 2.67. The lowest BCUT2D eigenvalue weighted by Crippen LogP contribution is -2.32. The summed E-state index contributed by atoms with van der Waals surface area (Å²) in [4.78, 5) is 23.8. The van der Waals surface area contributed by atoms with E-state index in [9.17, 15) is 9.59 Å². The predicted octanol–water partition coefficient (Wildman–Crippen LogP) is 1.00. The van der Waals surface area contributed by atoms with Crippen LogP contribution < -0.4 is 5.73 Å². The maximum Gasteiger partial charge on any atom is 0.253 e. The van der Waals surface area contributed by atoms with Gasteiger partial charge in [0.2, 0.25) is 0 Å². The first-order chi connectivity index (χ1) is 8.18. The summed E-state index contributed by atoms with van der Waals surface area (Å²) >= 11 is 0. The van der Waals surface area contributed by atoms with Crippen LogP contribution in [0, 0.1) is 0 Å². The molecule has 1 heterocycles. The van der Waals surface area contributed by atoms with Gasteiger partial charge in [0.1, 0.15) is 0 Å². The summed E-state index contributed by atoms with van der Waals surface area (Å²) in [6.45, 7) is 0.362. The van der Waals surface area contributed by atoms with E-state index in [1.807, 2.05) is 30.3 Å². The second-order valence-corrected chi connectivity index (χ2v) is 3.97. The van der Waals surface area contributed by atoms with Crippen LogP contribution in [0.1, 0.15) is 18.0 Å². The fourth-order valence-corrected chi connectivity index (χ4v) is 1.79. The number of carbonyl (C=O) groups excluding carboxylic acids is 2. The van der Waals surface area contributed by atoms with E-state index in [4.69, 9.17) is 5.73 Å². The quantitative estimate of drug-likeness (QED) is 0.785. The Morgan fingerprint density at radius 1 is 1.06 bits per heavy atom. The van der Waals surface area contributed by atoms with E-state index in [1.54, 1.807) is 0 Å². The lowest BCUT2D eigenvalue weighted by atomic mass is 10.0. The molecule has 0 spiro atoms. The highest BCUT2D eigenvalue weighted by Gasteiger charge is 2.23. The predicted molar refractivity (Wildman–Crippen MR) is 63.8 cm³/mol. The van der Waals surface area contributed by atoms with Crippen molar-refractivity contribution in [3.63, 3.8) is 0 Å². The Hall–Kier alpha value is -1.94. The molecule has 1 aliphatic rings. The molecule has 2 amide bonds. The molecule has 1 aromatic rings. The number of hydrogen-bond acceptors (Lipinski definition) is 3. The van der Waals surface area contributed by atoms with Crippen LogP contribution in [0.25, 0.3) is 0 Å². The Morgan fingerprint density at radius 2 is 1.65 bits per heavy atom. The highest BCUT2D eigenvalue weighted by Crippen LogP contribution is 2.15. The van der Waals surface area contributed by atoms with Gasteiger partial charge in [-0.3, -0.25) is 14.5 Å². The molecular formula is C13H14N2O2. The number of imide groups is 1. The molecule has 2 N–H and O–H groups in total. The maximum atomic E-state index is 11.3. The Balaban J connectivity index is 1.91. The standard InChI is InChI=1S/C13H14N2O2/c14-11(10-4-2-1-3-5-10)8-9-15-12(16)6-7-13(15)17/h1-7,11H,8-9,14H2. The van der Waals surface area contributed by atoms with Crippen LogP contribution in [-0.2, 0) is 9.59 Å². The summed E-state index contributed by atoms with van der Waals surface area (Å²) < 4.78 is 0. The number of rotatable bonds is 4. The first-order valence-corrected chi connectivity index (χ1v) is 5.52. The minimum Gasteiger partial charge on any atom is -0.324 e. The fraction of sp³-hybridized carbons (Fsp3) is 0.231. The lowest BCUT2D eigenvalue weighted by molar-refractivity contribution is -0.136. The normalized spacial score (nSPS) is 16.6. The van der Waals surface area contributed by atoms with Crippen molar-refractivity contribution in [3.8, 4) is 0 Å². The molecule has 4 heteroatoms. The van der Waals surface area contributed by atoms with Crippen LogP contribution in [0.5, 0.6) is 0 Å². The van der Waals surface area contributed by atoms with Crippen molar-refractivity contribution < 1.29 is 9.59 Å². The maximum absolute atomic E-state index is 11.3. The molecular weight excluding hydrogens is 216 g/mol. The van der Waals surface area contributed by atoms with Crippen molar-refractivity contribution in [3.05, 3.63) is 48.0 Å². The molecule has 0 aliphatic carbocycles.